The summed E-state index contributed by atoms with van der Waals surface area (Å²) in [5, 5.41) is 7.97. The number of nitrogens with two attached hydrogens (primary N) is 1. The molecule has 0 fully saturated rings. The third kappa shape index (κ3) is 1.87. The van der Waals surface area contributed by atoms with Crippen molar-refractivity contribution in [3.8, 4) is 11.4 Å². The third-order valence-electron chi connectivity index (χ3n) is 2.21. The Morgan fingerprint density at radius 1 is 1.47 bits per heavy atom. The zero-order chi connectivity index (χ0) is 10.8. The van der Waals surface area contributed by atoms with Crippen molar-refractivity contribution < 1.29 is 0 Å². The number of nitrogen functional groups attached to an aromatic ring is 1. The van der Waals surface area contributed by atoms with Gasteiger partial charge >= 0.3 is 0 Å². The van der Waals surface area contributed by atoms with Gasteiger partial charge in [-0.3, -0.25) is 0 Å². The maximum absolute atomic E-state index is 5.72. The van der Waals surface area contributed by atoms with Crippen LogP contribution in [0.1, 0.15) is 6.92 Å². The molecule has 0 bridgehead atoms. The summed E-state index contributed by atoms with van der Waals surface area (Å²) < 4.78 is 2.86. The number of halogens is 1. The first kappa shape index (κ1) is 10.2. The summed E-state index contributed by atoms with van der Waals surface area (Å²) in [7, 11) is 0. The van der Waals surface area contributed by atoms with Crippen LogP contribution in [0.5, 0.6) is 0 Å². The molecule has 0 spiro atoms. The van der Waals surface area contributed by atoms with Crippen LogP contribution in [0.25, 0.3) is 11.4 Å². The molecule has 1 aromatic carbocycles. The second-order valence-electron chi connectivity index (χ2n) is 3.18. The maximum Gasteiger partial charge on any atom is 0.163 e. The molecule has 0 amide bonds. The zero-order valence-corrected chi connectivity index (χ0v) is 9.90. The van der Waals surface area contributed by atoms with Crippen LogP contribution < -0.4 is 5.73 Å². The maximum atomic E-state index is 5.72. The Hall–Kier alpha value is -1.36. The molecule has 0 radical (unpaired) electrons. The van der Waals surface area contributed by atoms with E-state index in [0.29, 0.717) is 0 Å². The van der Waals surface area contributed by atoms with E-state index in [2.05, 4.69) is 33.1 Å². The Kier molecular flexibility index (Phi) is 2.73. The van der Waals surface area contributed by atoms with Crippen molar-refractivity contribution in [3.05, 3.63) is 29.0 Å². The number of aromatic nitrogens is 3. The number of rotatable bonds is 2. The number of hydrogen-bond donors (Lipinski definition) is 1. The first-order chi connectivity index (χ1) is 7.22. The smallest absolute Gasteiger partial charge is 0.163 e. The number of hydrogen-bond acceptors (Lipinski definition) is 3. The summed E-state index contributed by atoms with van der Waals surface area (Å²) in [5.74, 6) is 0.859. The lowest BCUT2D eigenvalue weighted by Gasteiger charge is -2.04. The van der Waals surface area contributed by atoms with Crippen LogP contribution in [-0.2, 0) is 6.54 Å². The molecule has 2 N–H and O–H groups in total. The minimum Gasteiger partial charge on any atom is -0.398 e. The van der Waals surface area contributed by atoms with Crippen LogP contribution in [0.15, 0.2) is 29.0 Å². The van der Waals surface area contributed by atoms with Gasteiger partial charge in [0.05, 0.1) is 0 Å². The normalized spacial score (nSPS) is 10.5. The first-order valence-electron chi connectivity index (χ1n) is 4.65. The quantitative estimate of drug-likeness (QED) is 0.849. The summed E-state index contributed by atoms with van der Waals surface area (Å²) in [6.07, 6.45) is 1.72. The molecule has 0 aliphatic carbocycles. The van der Waals surface area contributed by atoms with Gasteiger partial charge in [-0.25, -0.2) is 0 Å². The van der Waals surface area contributed by atoms with Crippen molar-refractivity contribution >= 4 is 21.6 Å². The van der Waals surface area contributed by atoms with Crippen molar-refractivity contribution in [3.63, 3.8) is 0 Å². The number of aryl methyl sites for hydroxylation is 1. The van der Waals surface area contributed by atoms with Gasteiger partial charge in [-0.15, -0.1) is 10.2 Å². The second-order valence-corrected chi connectivity index (χ2v) is 4.03. The Balaban J connectivity index is 2.50. The fourth-order valence-corrected chi connectivity index (χ4v) is 1.75. The van der Waals surface area contributed by atoms with Crippen LogP contribution >= 0.6 is 15.9 Å². The molecule has 0 aliphatic rings. The summed E-state index contributed by atoms with van der Waals surface area (Å²) >= 11 is 3.40. The van der Waals surface area contributed by atoms with Crippen LogP contribution in [0.3, 0.4) is 0 Å². The van der Waals surface area contributed by atoms with E-state index in [1.807, 2.05) is 22.8 Å². The standard InChI is InChI=1S/C10H11BrN4/c1-2-15-6-13-14-10(15)7-3-4-9(12)8(11)5-7/h3-6H,2,12H2,1H3. The molecule has 4 nitrogen and oxygen atoms in total. The van der Waals surface area contributed by atoms with Gasteiger partial charge in [-0.1, -0.05) is 0 Å². The van der Waals surface area contributed by atoms with Gasteiger partial charge in [0.15, 0.2) is 5.82 Å². The van der Waals surface area contributed by atoms with E-state index in [0.717, 1.165) is 28.1 Å². The highest BCUT2D eigenvalue weighted by Crippen LogP contribution is 2.25. The third-order valence-corrected chi connectivity index (χ3v) is 2.90. The van der Waals surface area contributed by atoms with Crippen molar-refractivity contribution in [1.29, 1.82) is 0 Å². The predicted octanol–water partition coefficient (Wildman–Crippen LogP) is 2.31. The van der Waals surface area contributed by atoms with E-state index < -0.39 is 0 Å². The second kappa shape index (κ2) is 4.02. The molecule has 0 atom stereocenters. The summed E-state index contributed by atoms with van der Waals surface area (Å²) in [5.41, 5.74) is 7.46. The Bertz CT molecular complexity index is 478. The van der Waals surface area contributed by atoms with Crippen LogP contribution in [-0.4, -0.2) is 14.8 Å². The topological polar surface area (TPSA) is 56.7 Å². The van der Waals surface area contributed by atoms with E-state index in [9.17, 15) is 0 Å². The fraction of sp³-hybridized carbons (Fsp3) is 0.200. The molecule has 1 aromatic heterocycles. The molecule has 2 rings (SSSR count). The number of nitrogens with zero attached hydrogens (tertiary/aromatic N) is 3. The molecule has 0 unspecified atom stereocenters. The van der Waals surface area contributed by atoms with Gasteiger partial charge in [0.1, 0.15) is 6.33 Å². The minimum absolute atomic E-state index is 0.723. The molecular weight excluding hydrogens is 256 g/mol. The molecule has 1 heterocycles. The number of anilines is 1. The van der Waals surface area contributed by atoms with Gasteiger partial charge in [0, 0.05) is 22.3 Å². The van der Waals surface area contributed by atoms with Crippen molar-refractivity contribution in [2.75, 3.05) is 5.73 Å². The summed E-state index contributed by atoms with van der Waals surface area (Å²) in [4.78, 5) is 0. The number of benzene rings is 1. The molecule has 2 aromatic rings. The van der Waals surface area contributed by atoms with Crippen LogP contribution in [0, 0.1) is 0 Å². The lowest BCUT2D eigenvalue weighted by molar-refractivity contribution is 0.767. The monoisotopic (exact) mass is 266 g/mol. The molecule has 15 heavy (non-hydrogen) atoms. The van der Waals surface area contributed by atoms with Gasteiger partial charge in [-0.2, -0.15) is 0 Å². The van der Waals surface area contributed by atoms with E-state index >= 15 is 0 Å². The highest BCUT2D eigenvalue weighted by Gasteiger charge is 2.07. The lowest BCUT2D eigenvalue weighted by atomic mass is 10.2. The average molecular weight is 267 g/mol. The Morgan fingerprint density at radius 3 is 2.93 bits per heavy atom. The molecular formula is C10H11BrN4. The van der Waals surface area contributed by atoms with Crippen molar-refractivity contribution in [2.45, 2.75) is 13.5 Å². The van der Waals surface area contributed by atoms with Crippen LogP contribution in [0.4, 0.5) is 5.69 Å². The SMILES string of the molecule is CCn1cnnc1-c1ccc(N)c(Br)c1. The van der Waals surface area contributed by atoms with Gasteiger partial charge in [-0.05, 0) is 41.1 Å². The van der Waals surface area contributed by atoms with Gasteiger partial charge in [0.25, 0.3) is 0 Å². The fourth-order valence-electron chi connectivity index (χ4n) is 1.38. The zero-order valence-electron chi connectivity index (χ0n) is 8.31. The van der Waals surface area contributed by atoms with Crippen molar-refractivity contribution in [2.24, 2.45) is 0 Å². The van der Waals surface area contributed by atoms with E-state index in [1.54, 1.807) is 6.33 Å². The minimum atomic E-state index is 0.723. The largest absolute Gasteiger partial charge is 0.398 e. The van der Waals surface area contributed by atoms with Gasteiger partial charge < -0.3 is 10.3 Å². The van der Waals surface area contributed by atoms with E-state index in [1.165, 1.54) is 0 Å². The molecule has 0 aliphatic heterocycles. The van der Waals surface area contributed by atoms with E-state index in [-0.39, 0.29) is 0 Å². The predicted molar refractivity (Wildman–Crippen MR) is 63.2 cm³/mol. The van der Waals surface area contributed by atoms with Crippen molar-refractivity contribution in [1.82, 2.24) is 14.8 Å². The van der Waals surface area contributed by atoms with Crippen LogP contribution in [0.2, 0.25) is 0 Å². The molecule has 0 saturated heterocycles. The van der Waals surface area contributed by atoms with E-state index in [4.69, 9.17) is 5.73 Å². The molecule has 78 valence electrons. The summed E-state index contributed by atoms with van der Waals surface area (Å²) in [6.45, 7) is 2.91. The lowest BCUT2D eigenvalue weighted by Crippen LogP contribution is -1.96. The highest BCUT2D eigenvalue weighted by molar-refractivity contribution is 9.10. The molecule has 0 saturated carbocycles. The first-order valence-corrected chi connectivity index (χ1v) is 5.45. The molecule has 5 heteroatoms. The highest BCUT2D eigenvalue weighted by atomic mass is 79.9. The Labute approximate surface area is 96.3 Å². The van der Waals surface area contributed by atoms with Gasteiger partial charge in [0.2, 0.25) is 0 Å². The Morgan fingerprint density at radius 2 is 2.27 bits per heavy atom. The average Bonchev–Trinajstić information content (AvgIpc) is 2.70. The summed E-state index contributed by atoms with van der Waals surface area (Å²) in [6, 6.07) is 5.75.